The van der Waals surface area contributed by atoms with Gasteiger partial charge in [-0.15, -0.1) is 0 Å². The molecule has 2 unspecified atom stereocenters. The van der Waals surface area contributed by atoms with Gasteiger partial charge in [-0.25, -0.2) is 0 Å². The molecule has 0 aliphatic carbocycles. The first-order valence-corrected chi connectivity index (χ1v) is 6.69. The average molecular weight is 212 g/mol. The lowest BCUT2D eigenvalue weighted by molar-refractivity contribution is -0.111. The molecule has 0 aliphatic heterocycles. The second kappa shape index (κ2) is 10.2. The Hall–Kier alpha value is -0.330. The Kier molecular flexibility index (Phi) is 9.97. The van der Waals surface area contributed by atoms with E-state index in [1.807, 2.05) is 0 Å². The number of carbonyl (C=O) groups is 1. The van der Waals surface area contributed by atoms with E-state index in [1.54, 1.807) is 0 Å². The topological polar surface area (TPSA) is 17.1 Å². The highest BCUT2D eigenvalue weighted by Gasteiger charge is 2.11. The van der Waals surface area contributed by atoms with Crippen molar-refractivity contribution in [1.82, 2.24) is 0 Å². The monoisotopic (exact) mass is 212 g/mol. The maximum absolute atomic E-state index is 10.9. The third-order valence-electron chi connectivity index (χ3n) is 3.13. The van der Waals surface area contributed by atoms with Crippen LogP contribution in [0, 0.1) is 11.8 Å². The number of hydrogen-bond donors (Lipinski definition) is 0. The van der Waals surface area contributed by atoms with Gasteiger partial charge in [-0.1, -0.05) is 59.3 Å². The molecule has 15 heavy (non-hydrogen) atoms. The van der Waals surface area contributed by atoms with Crippen LogP contribution in [-0.2, 0) is 4.79 Å². The second-order valence-corrected chi connectivity index (χ2v) is 4.88. The fourth-order valence-corrected chi connectivity index (χ4v) is 2.09. The van der Waals surface area contributed by atoms with Gasteiger partial charge in [0.05, 0.1) is 0 Å². The van der Waals surface area contributed by atoms with E-state index < -0.39 is 0 Å². The van der Waals surface area contributed by atoms with E-state index in [2.05, 4.69) is 20.8 Å². The first-order chi connectivity index (χ1) is 7.24. The highest BCUT2D eigenvalue weighted by Crippen LogP contribution is 2.20. The first kappa shape index (κ1) is 14.7. The van der Waals surface area contributed by atoms with Crippen LogP contribution < -0.4 is 0 Å². The molecule has 0 bridgehead atoms. The van der Waals surface area contributed by atoms with Crippen LogP contribution in [0.3, 0.4) is 0 Å². The Morgan fingerprint density at radius 2 is 1.67 bits per heavy atom. The van der Waals surface area contributed by atoms with Gasteiger partial charge < -0.3 is 4.79 Å². The van der Waals surface area contributed by atoms with Gasteiger partial charge in [0.1, 0.15) is 6.29 Å². The molecule has 0 amide bonds. The van der Waals surface area contributed by atoms with E-state index in [0.29, 0.717) is 5.92 Å². The fourth-order valence-electron chi connectivity index (χ4n) is 2.09. The molecule has 0 rings (SSSR count). The maximum Gasteiger partial charge on any atom is 0.123 e. The van der Waals surface area contributed by atoms with Crippen LogP contribution in [0.15, 0.2) is 0 Å². The molecular formula is C14H28O. The third kappa shape index (κ3) is 8.65. The Morgan fingerprint density at radius 3 is 2.20 bits per heavy atom. The van der Waals surface area contributed by atoms with Crippen LogP contribution in [0.1, 0.15) is 72.1 Å². The van der Waals surface area contributed by atoms with E-state index in [0.717, 1.165) is 18.8 Å². The molecule has 0 aromatic heterocycles. The minimum absolute atomic E-state index is 0.323. The number of rotatable bonds is 10. The summed E-state index contributed by atoms with van der Waals surface area (Å²) in [6, 6.07) is 0. The zero-order valence-electron chi connectivity index (χ0n) is 10.8. The summed E-state index contributed by atoms with van der Waals surface area (Å²) in [5.41, 5.74) is 0. The molecule has 0 radical (unpaired) electrons. The molecular weight excluding hydrogens is 184 g/mol. The van der Waals surface area contributed by atoms with Gasteiger partial charge >= 0.3 is 0 Å². The molecule has 0 spiro atoms. The zero-order chi connectivity index (χ0) is 11.5. The van der Waals surface area contributed by atoms with Gasteiger partial charge in [-0.3, -0.25) is 0 Å². The van der Waals surface area contributed by atoms with Crippen LogP contribution in [0.25, 0.3) is 0 Å². The summed E-state index contributed by atoms with van der Waals surface area (Å²) in [4.78, 5) is 10.9. The highest BCUT2D eigenvalue weighted by molar-refractivity contribution is 5.53. The van der Waals surface area contributed by atoms with Gasteiger partial charge in [0.15, 0.2) is 0 Å². The Labute approximate surface area is 95.6 Å². The quantitative estimate of drug-likeness (QED) is 0.382. The summed E-state index contributed by atoms with van der Waals surface area (Å²) in [6.45, 7) is 6.72. The van der Waals surface area contributed by atoms with Crippen molar-refractivity contribution in [1.29, 1.82) is 0 Å². The van der Waals surface area contributed by atoms with Crippen molar-refractivity contribution in [2.45, 2.75) is 72.1 Å². The highest BCUT2D eigenvalue weighted by atomic mass is 16.1. The van der Waals surface area contributed by atoms with Gasteiger partial charge in [0, 0.05) is 5.92 Å². The predicted molar refractivity (Wildman–Crippen MR) is 67.0 cm³/mol. The van der Waals surface area contributed by atoms with E-state index in [9.17, 15) is 4.79 Å². The molecule has 0 saturated carbocycles. The maximum atomic E-state index is 10.9. The number of aldehydes is 1. The van der Waals surface area contributed by atoms with E-state index in [4.69, 9.17) is 0 Å². The standard InChI is InChI=1S/C14H28O/c1-4-6-8-10-14(12-15)11-13(3)9-7-5-2/h12-14H,4-11H2,1-3H3. The van der Waals surface area contributed by atoms with Gasteiger partial charge in [0.2, 0.25) is 0 Å². The number of carbonyl (C=O) groups excluding carboxylic acids is 1. The fraction of sp³-hybridized carbons (Fsp3) is 0.929. The molecule has 0 N–H and O–H groups in total. The Morgan fingerprint density at radius 1 is 1.00 bits per heavy atom. The molecule has 0 heterocycles. The Balaban J connectivity index is 3.62. The number of unbranched alkanes of at least 4 members (excludes halogenated alkanes) is 3. The summed E-state index contributed by atoms with van der Waals surface area (Å²) >= 11 is 0. The number of hydrogen-bond acceptors (Lipinski definition) is 1. The Bertz CT molecular complexity index is 142. The summed E-state index contributed by atoms with van der Waals surface area (Å²) < 4.78 is 0. The van der Waals surface area contributed by atoms with Crippen molar-refractivity contribution in [2.24, 2.45) is 11.8 Å². The van der Waals surface area contributed by atoms with Gasteiger partial charge in [-0.2, -0.15) is 0 Å². The molecule has 0 fully saturated rings. The second-order valence-electron chi connectivity index (χ2n) is 4.88. The van der Waals surface area contributed by atoms with Crippen LogP contribution in [0.2, 0.25) is 0 Å². The van der Waals surface area contributed by atoms with Crippen molar-refractivity contribution in [3.05, 3.63) is 0 Å². The molecule has 0 aromatic carbocycles. The van der Waals surface area contributed by atoms with Crippen molar-refractivity contribution >= 4 is 6.29 Å². The molecule has 2 atom stereocenters. The van der Waals surface area contributed by atoms with Gasteiger partial charge in [-0.05, 0) is 18.8 Å². The van der Waals surface area contributed by atoms with Crippen LogP contribution in [-0.4, -0.2) is 6.29 Å². The van der Waals surface area contributed by atoms with E-state index in [1.165, 1.54) is 44.8 Å². The van der Waals surface area contributed by atoms with E-state index in [-0.39, 0.29) is 0 Å². The van der Waals surface area contributed by atoms with E-state index >= 15 is 0 Å². The minimum atomic E-state index is 0.323. The van der Waals surface area contributed by atoms with Crippen LogP contribution >= 0.6 is 0 Å². The van der Waals surface area contributed by atoms with Gasteiger partial charge in [0.25, 0.3) is 0 Å². The SMILES string of the molecule is CCCCCC(C=O)CC(C)CCCC. The predicted octanol–water partition coefficient (Wildman–Crippen LogP) is 4.60. The molecule has 1 nitrogen and oxygen atoms in total. The molecule has 1 heteroatoms. The average Bonchev–Trinajstić information content (AvgIpc) is 2.25. The van der Waals surface area contributed by atoms with Crippen LogP contribution in [0.5, 0.6) is 0 Å². The van der Waals surface area contributed by atoms with Crippen molar-refractivity contribution < 1.29 is 4.79 Å². The lowest BCUT2D eigenvalue weighted by Crippen LogP contribution is -2.08. The molecule has 0 saturated heterocycles. The smallest absolute Gasteiger partial charge is 0.123 e. The zero-order valence-corrected chi connectivity index (χ0v) is 10.8. The summed E-state index contributed by atoms with van der Waals surface area (Å²) in [7, 11) is 0. The third-order valence-corrected chi connectivity index (χ3v) is 3.13. The first-order valence-electron chi connectivity index (χ1n) is 6.69. The van der Waals surface area contributed by atoms with Crippen molar-refractivity contribution in [2.75, 3.05) is 0 Å². The van der Waals surface area contributed by atoms with Crippen molar-refractivity contribution in [3.63, 3.8) is 0 Å². The molecule has 0 aromatic rings. The molecule has 90 valence electrons. The molecule has 0 aliphatic rings. The lowest BCUT2D eigenvalue weighted by Gasteiger charge is -2.15. The summed E-state index contributed by atoms with van der Waals surface area (Å²) in [5, 5.41) is 0. The minimum Gasteiger partial charge on any atom is -0.303 e. The summed E-state index contributed by atoms with van der Waals surface area (Å²) in [6.07, 6.45) is 11.0. The normalized spacial score (nSPS) is 14.9. The van der Waals surface area contributed by atoms with Crippen molar-refractivity contribution in [3.8, 4) is 0 Å². The summed E-state index contributed by atoms with van der Waals surface area (Å²) in [5.74, 6) is 1.05. The van der Waals surface area contributed by atoms with Crippen LogP contribution in [0.4, 0.5) is 0 Å². The lowest BCUT2D eigenvalue weighted by atomic mass is 9.89. The largest absolute Gasteiger partial charge is 0.303 e.